The van der Waals surface area contributed by atoms with E-state index < -0.39 is 6.04 Å². The number of rotatable bonds is 5. The summed E-state index contributed by atoms with van der Waals surface area (Å²) in [5, 5.41) is 0.296. The van der Waals surface area contributed by atoms with Gasteiger partial charge in [-0.25, -0.2) is 0 Å². The summed E-state index contributed by atoms with van der Waals surface area (Å²) in [6, 6.07) is 19.6. The number of fused-ring (bicyclic) bond motifs is 1. The van der Waals surface area contributed by atoms with Crippen LogP contribution in [0.2, 0.25) is 0 Å². The largest absolute Gasteiger partial charge is 0.469 e. The number of amides is 1. The molecule has 1 unspecified atom stereocenters. The number of nitrogens with zero attached hydrogens (tertiary/aromatic N) is 1. The van der Waals surface area contributed by atoms with Crippen LogP contribution in [-0.4, -0.2) is 46.2 Å². The summed E-state index contributed by atoms with van der Waals surface area (Å²) >= 11 is 7.62. The average Bonchev–Trinajstić information content (AvgIpc) is 2.87. The lowest BCUT2D eigenvalue weighted by Crippen LogP contribution is -2.68. The second-order valence-corrected chi connectivity index (χ2v) is 9.78. The molecule has 0 saturated carbocycles. The van der Waals surface area contributed by atoms with Crippen LogP contribution in [0.1, 0.15) is 30.1 Å². The van der Waals surface area contributed by atoms with Crippen LogP contribution in [0.5, 0.6) is 0 Å². The fraction of sp³-hybridized carbons (Fsp3) is 0.360. The number of carbonyl (C=O) groups is 1. The first-order valence-corrected chi connectivity index (χ1v) is 12.4. The van der Waals surface area contributed by atoms with Gasteiger partial charge in [0.05, 0.1) is 5.70 Å². The normalized spacial score (nSPS) is 23.0. The highest BCUT2D eigenvalue weighted by Gasteiger charge is 2.52. The van der Waals surface area contributed by atoms with Gasteiger partial charge in [-0.1, -0.05) is 60.7 Å². The van der Waals surface area contributed by atoms with E-state index in [1.54, 1.807) is 16.7 Å². The summed E-state index contributed by atoms with van der Waals surface area (Å²) in [5.41, 5.74) is 10.1. The fourth-order valence-electron chi connectivity index (χ4n) is 4.63. The maximum atomic E-state index is 12.8. The minimum Gasteiger partial charge on any atom is -0.469 e. The van der Waals surface area contributed by atoms with Crippen LogP contribution in [0.3, 0.4) is 0 Å². The maximum absolute atomic E-state index is 12.8. The third-order valence-electron chi connectivity index (χ3n) is 6.38. The van der Waals surface area contributed by atoms with Crippen molar-refractivity contribution in [3.63, 3.8) is 0 Å². The molecule has 5 nitrogen and oxygen atoms in total. The molecule has 0 aliphatic carbocycles. The van der Waals surface area contributed by atoms with Crippen molar-refractivity contribution in [2.24, 2.45) is 11.7 Å². The first kappa shape index (κ1) is 24.2. The van der Waals surface area contributed by atoms with Gasteiger partial charge in [0.2, 0.25) is 11.0 Å². The van der Waals surface area contributed by atoms with Crippen molar-refractivity contribution in [2.45, 2.75) is 30.4 Å². The Balaban J connectivity index is 0.00000259. The van der Waals surface area contributed by atoms with Gasteiger partial charge in [-0.2, -0.15) is 0 Å². The van der Waals surface area contributed by atoms with E-state index in [1.807, 2.05) is 60.7 Å². The van der Waals surface area contributed by atoms with Gasteiger partial charge in [0.1, 0.15) is 17.5 Å². The molecule has 2 aromatic carbocycles. The number of thiocarbonyl (C=S) groups is 1. The summed E-state index contributed by atoms with van der Waals surface area (Å²) < 4.78 is 12.1. The number of ether oxygens (including phenoxy) is 2. The van der Waals surface area contributed by atoms with Crippen LogP contribution in [0.25, 0.3) is 0 Å². The maximum Gasteiger partial charge on any atom is 0.248 e. The van der Waals surface area contributed by atoms with Crippen LogP contribution in [-0.2, 0) is 14.3 Å². The standard InChI is InChI=1S/C25H26N2O3S2.ClH/c26-20-23(28)27-21(19(15-32-24(20)27)16-11-13-29-14-12-16)25(31)30-22(17-7-3-1-4-8-17)18-9-5-2-6-10-18;/h1-10,16,20,22,24H,11-15,26H2;1H/t20?,24-;/m1./s1. The van der Waals surface area contributed by atoms with Crippen molar-refractivity contribution in [1.29, 1.82) is 0 Å². The Morgan fingerprint density at radius 2 is 1.64 bits per heavy atom. The zero-order valence-corrected chi connectivity index (χ0v) is 20.5. The van der Waals surface area contributed by atoms with E-state index >= 15 is 0 Å². The van der Waals surface area contributed by atoms with Crippen LogP contribution in [0.15, 0.2) is 71.9 Å². The average molecular weight is 503 g/mol. The molecule has 174 valence electrons. The number of hydrogen-bond donors (Lipinski definition) is 1. The minimum atomic E-state index is -0.479. The van der Waals surface area contributed by atoms with Gasteiger partial charge in [0, 0.05) is 19.0 Å². The second-order valence-electron chi connectivity index (χ2n) is 8.30. The molecular weight excluding hydrogens is 476 g/mol. The smallest absolute Gasteiger partial charge is 0.248 e. The molecule has 2 saturated heterocycles. The van der Waals surface area contributed by atoms with Crippen molar-refractivity contribution >= 4 is 47.3 Å². The lowest BCUT2D eigenvalue weighted by Gasteiger charge is -2.50. The molecule has 1 amide bonds. The predicted molar refractivity (Wildman–Crippen MR) is 137 cm³/mol. The lowest BCUT2D eigenvalue weighted by molar-refractivity contribution is -0.141. The van der Waals surface area contributed by atoms with E-state index in [9.17, 15) is 4.79 Å². The Bertz CT molecular complexity index is 989. The molecule has 0 aromatic heterocycles. The minimum absolute atomic E-state index is 0. The molecule has 0 radical (unpaired) electrons. The first-order chi connectivity index (χ1) is 15.6. The highest BCUT2D eigenvalue weighted by atomic mass is 35.5. The predicted octanol–water partition coefficient (Wildman–Crippen LogP) is 4.46. The zero-order chi connectivity index (χ0) is 22.1. The van der Waals surface area contributed by atoms with Crippen molar-refractivity contribution in [1.82, 2.24) is 4.90 Å². The number of hydrogen-bond acceptors (Lipinski definition) is 6. The molecule has 3 aliphatic rings. The van der Waals surface area contributed by atoms with E-state index in [0.29, 0.717) is 11.0 Å². The third-order valence-corrected chi connectivity index (χ3v) is 7.99. The number of β-lactam (4-membered cyclic amide) rings is 1. The topological polar surface area (TPSA) is 64.8 Å². The summed E-state index contributed by atoms with van der Waals surface area (Å²) in [5.74, 6) is 1.07. The molecule has 2 N–H and O–H groups in total. The van der Waals surface area contributed by atoms with E-state index in [0.717, 1.165) is 48.6 Å². The number of nitrogens with two attached hydrogens (primary N) is 1. The Hall–Kier alpha value is -1.90. The summed E-state index contributed by atoms with van der Waals surface area (Å²) in [6.45, 7) is 1.46. The number of thioether (sulfide) groups is 1. The van der Waals surface area contributed by atoms with Crippen molar-refractivity contribution in [2.75, 3.05) is 19.0 Å². The van der Waals surface area contributed by atoms with Gasteiger partial charge in [0.25, 0.3) is 0 Å². The number of benzene rings is 2. The van der Waals surface area contributed by atoms with E-state index in [1.165, 1.54) is 5.57 Å². The van der Waals surface area contributed by atoms with Gasteiger partial charge in [-0.3, -0.25) is 9.69 Å². The summed E-state index contributed by atoms with van der Waals surface area (Å²) in [4.78, 5) is 14.6. The van der Waals surface area contributed by atoms with Crippen molar-refractivity contribution in [3.8, 4) is 0 Å². The van der Waals surface area contributed by atoms with Gasteiger partial charge in [0.15, 0.2) is 0 Å². The lowest BCUT2D eigenvalue weighted by atomic mass is 9.89. The monoisotopic (exact) mass is 502 g/mol. The highest BCUT2D eigenvalue weighted by Crippen LogP contribution is 2.44. The van der Waals surface area contributed by atoms with Crippen LogP contribution in [0, 0.1) is 5.92 Å². The highest BCUT2D eigenvalue weighted by molar-refractivity contribution is 8.00. The van der Waals surface area contributed by atoms with Gasteiger partial charge >= 0.3 is 0 Å². The number of carbonyl (C=O) groups excluding carboxylic acids is 1. The molecular formula is C25H27ClN2O3S2. The molecule has 3 heterocycles. The summed E-state index contributed by atoms with van der Waals surface area (Å²) in [6.07, 6.45) is 1.51. The molecule has 2 fully saturated rings. The third kappa shape index (κ3) is 4.70. The Morgan fingerprint density at radius 1 is 1.06 bits per heavy atom. The quantitative estimate of drug-likeness (QED) is 0.481. The van der Waals surface area contributed by atoms with Crippen molar-refractivity contribution in [3.05, 3.63) is 83.1 Å². The molecule has 2 aromatic rings. The molecule has 8 heteroatoms. The van der Waals surface area contributed by atoms with Crippen LogP contribution < -0.4 is 5.73 Å². The molecule has 5 rings (SSSR count). The Morgan fingerprint density at radius 3 is 2.21 bits per heavy atom. The van der Waals surface area contributed by atoms with Crippen LogP contribution >= 0.6 is 36.4 Å². The van der Waals surface area contributed by atoms with E-state index in [-0.39, 0.29) is 29.8 Å². The SMILES string of the molecule is Cl.NC1C(=O)N2C(C(=S)OC(c3ccccc3)c3ccccc3)=C(C3CCOCC3)CS[C@H]12. The Labute approximate surface area is 210 Å². The first-order valence-electron chi connectivity index (χ1n) is 11.0. The van der Waals surface area contributed by atoms with E-state index in [4.69, 9.17) is 27.4 Å². The molecule has 33 heavy (non-hydrogen) atoms. The number of halogens is 1. The fourth-order valence-corrected chi connectivity index (χ4v) is 6.36. The molecule has 0 bridgehead atoms. The summed E-state index contributed by atoms with van der Waals surface area (Å²) in [7, 11) is 0. The van der Waals surface area contributed by atoms with Gasteiger partial charge < -0.3 is 15.2 Å². The molecule has 2 atom stereocenters. The van der Waals surface area contributed by atoms with Crippen LogP contribution in [0.4, 0.5) is 0 Å². The molecule has 0 spiro atoms. The van der Waals surface area contributed by atoms with Crippen molar-refractivity contribution < 1.29 is 14.3 Å². The molecule has 3 aliphatic heterocycles. The van der Waals surface area contributed by atoms with Gasteiger partial charge in [-0.05, 0) is 47.7 Å². The Kier molecular flexibility index (Phi) is 7.76. The second kappa shape index (κ2) is 10.6. The van der Waals surface area contributed by atoms with Gasteiger partial charge in [-0.15, -0.1) is 24.2 Å². The van der Waals surface area contributed by atoms with E-state index in [2.05, 4.69) is 0 Å². The zero-order valence-electron chi connectivity index (χ0n) is 18.1.